The lowest BCUT2D eigenvalue weighted by Crippen LogP contribution is -2.27. The van der Waals surface area contributed by atoms with Gasteiger partial charge in [-0.2, -0.15) is 0 Å². The van der Waals surface area contributed by atoms with Gasteiger partial charge in [0.05, 0.1) is 6.61 Å². The monoisotopic (exact) mass is 249 g/mol. The number of carbonyl (C=O) groups is 1. The van der Waals surface area contributed by atoms with Crippen LogP contribution >= 0.6 is 0 Å². The molecule has 0 aliphatic carbocycles. The first-order valence-electron chi connectivity index (χ1n) is 6.19. The largest absolute Gasteiger partial charge is 0.462 e. The van der Waals surface area contributed by atoms with Crippen LogP contribution in [0.25, 0.3) is 0 Å². The molecule has 0 spiro atoms. The summed E-state index contributed by atoms with van der Waals surface area (Å²) in [6, 6.07) is 7.89. The van der Waals surface area contributed by atoms with Crippen molar-refractivity contribution < 1.29 is 14.3 Å². The van der Waals surface area contributed by atoms with E-state index in [0.717, 1.165) is 18.5 Å². The highest BCUT2D eigenvalue weighted by Crippen LogP contribution is 2.27. The third-order valence-corrected chi connectivity index (χ3v) is 2.99. The summed E-state index contributed by atoms with van der Waals surface area (Å²) in [7, 11) is 3.89. The van der Waals surface area contributed by atoms with Crippen molar-refractivity contribution in [3.63, 3.8) is 0 Å². The van der Waals surface area contributed by atoms with Crippen LogP contribution in [0.3, 0.4) is 0 Å². The van der Waals surface area contributed by atoms with Gasteiger partial charge in [0.25, 0.3) is 0 Å². The van der Waals surface area contributed by atoms with Crippen LogP contribution in [0.1, 0.15) is 17.2 Å². The fraction of sp³-hybridized carbons (Fsp3) is 0.500. The number of rotatable bonds is 4. The van der Waals surface area contributed by atoms with E-state index in [1.807, 2.05) is 43.3 Å². The van der Waals surface area contributed by atoms with E-state index in [1.54, 1.807) is 0 Å². The number of benzene rings is 1. The molecule has 4 heteroatoms. The molecule has 1 heterocycles. The number of nitrogens with zero attached hydrogens (tertiary/aromatic N) is 1. The zero-order valence-corrected chi connectivity index (χ0v) is 10.9. The van der Waals surface area contributed by atoms with Crippen LogP contribution in [0.4, 0.5) is 0 Å². The highest BCUT2D eigenvalue weighted by atomic mass is 16.6. The van der Waals surface area contributed by atoms with Gasteiger partial charge in [0.2, 0.25) is 0 Å². The highest BCUT2D eigenvalue weighted by Gasteiger charge is 2.28. The molecule has 1 atom stereocenters. The maximum atomic E-state index is 12.0. The lowest BCUT2D eigenvalue weighted by atomic mass is 9.98. The molecule has 0 bridgehead atoms. The van der Waals surface area contributed by atoms with Crippen LogP contribution in [-0.2, 0) is 20.7 Å². The van der Waals surface area contributed by atoms with Crippen LogP contribution in [0, 0.1) is 0 Å². The molecular weight excluding hydrogens is 230 g/mol. The molecule has 98 valence electrons. The van der Waals surface area contributed by atoms with Crippen LogP contribution in [0.5, 0.6) is 0 Å². The Morgan fingerprint density at radius 1 is 1.44 bits per heavy atom. The van der Waals surface area contributed by atoms with E-state index in [4.69, 9.17) is 9.47 Å². The standard InChI is InChI=1S/C14H19NO3/c1-15(2)8-10-18-14(16)13-12-6-4-3-5-11(12)7-9-17-13/h3-6,13H,7-10H2,1-2H3. The summed E-state index contributed by atoms with van der Waals surface area (Å²) < 4.78 is 10.8. The molecule has 1 unspecified atom stereocenters. The minimum absolute atomic E-state index is 0.288. The lowest BCUT2D eigenvalue weighted by Gasteiger charge is -2.24. The fourth-order valence-electron chi connectivity index (χ4n) is 1.99. The van der Waals surface area contributed by atoms with Crippen LogP contribution in [-0.4, -0.2) is 44.7 Å². The second-order valence-electron chi connectivity index (χ2n) is 4.67. The van der Waals surface area contributed by atoms with Crippen LogP contribution in [0.2, 0.25) is 0 Å². The smallest absolute Gasteiger partial charge is 0.339 e. The minimum atomic E-state index is -0.558. The van der Waals surface area contributed by atoms with E-state index >= 15 is 0 Å². The fourth-order valence-corrected chi connectivity index (χ4v) is 1.99. The van der Waals surface area contributed by atoms with Gasteiger partial charge in [-0.3, -0.25) is 0 Å². The summed E-state index contributed by atoms with van der Waals surface area (Å²) >= 11 is 0. The topological polar surface area (TPSA) is 38.8 Å². The Hall–Kier alpha value is -1.39. The van der Waals surface area contributed by atoms with E-state index in [2.05, 4.69) is 0 Å². The molecule has 0 saturated heterocycles. The number of hydrogen-bond acceptors (Lipinski definition) is 4. The number of fused-ring (bicyclic) bond motifs is 1. The molecule has 0 amide bonds. The normalized spacial score (nSPS) is 18.5. The predicted octanol–water partition coefficient (Wildman–Crippen LogP) is 1.41. The Labute approximate surface area is 107 Å². The average Bonchev–Trinajstić information content (AvgIpc) is 2.37. The summed E-state index contributed by atoms with van der Waals surface area (Å²) in [4.78, 5) is 14.0. The van der Waals surface area contributed by atoms with Crippen molar-refractivity contribution in [1.29, 1.82) is 0 Å². The second kappa shape index (κ2) is 5.98. The number of esters is 1. The minimum Gasteiger partial charge on any atom is -0.462 e. The maximum Gasteiger partial charge on any atom is 0.339 e. The molecule has 0 radical (unpaired) electrons. The van der Waals surface area contributed by atoms with Gasteiger partial charge in [-0.05, 0) is 31.6 Å². The summed E-state index contributed by atoms with van der Waals surface area (Å²) in [5, 5.41) is 0. The molecule has 1 aromatic rings. The van der Waals surface area contributed by atoms with Crippen molar-refractivity contribution in [1.82, 2.24) is 4.90 Å². The quantitative estimate of drug-likeness (QED) is 0.756. The Morgan fingerprint density at radius 3 is 3.00 bits per heavy atom. The average molecular weight is 249 g/mol. The zero-order valence-electron chi connectivity index (χ0n) is 10.9. The van der Waals surface area contributed by atoms with Gasteiger partial charge < -0.3 is 14.4 Å². The van der Waals surface area contributed by atoms with Gasteiger partial charge in [0.15, 0.2) is 6.10 Å². The van der Waals surface area contributed by atoms with Gasteiger partial charge in [0.1, 0.15) is 6.61 Å². The number of carbonyl (C=O) groups excluding carboxylic acids is 1. The zero-order chi connectivity index (χ0) is 13.0. The van der Waals surface area contributed by atoms with Gasteiger partial charge in [0, 0.05) is 6.54 Å². The second-order valence-corrected chi connectivity index (χ2v) is 4.67. The lowest BCUT2D eigenvalue weighted by molar-refractivity contribution is -0.159. The molecule has 4 nitrogen and oxygen atoms in total. The van der Waals surface area contributed by atoms with E-state index in [9.17, 15) is 4.79 Å². The molecule has 1 aliphatic heterocycles. The van der Waals surface area contributed by atoms with Crippen molar-refractivity contribution >= 4 is 5.97 Å². The van der Waals surface area contributed by atoms with E-state index in [1.165, 1.54) is 5.56 Å². The van der Waals surface area contributed by atoms with Crippen LogP contribution < -0.4 is 0 Å². The van der Waals surface area contributed by atoms with Gasteiger partial charge in [-0.1, -0.05) is 24.3 Å². The van der Waals surface area contributed by atoms with Crippen molar-refractivity contribution in [3.8, 4) is 0 Å². The van der Waals surface area contributed by atoms with Crippen molar-refractivity contribution in [2.45, 2.75) is 12.5 Å². The van der Waals surface area contributed by atoms with Crippen molar-refractivity contribution in [3.05, 3.63) is 35.4 Å². The Bertz CT molecular complexity index is 417. The molecule has 18 heavy (non-hydrogen) atoms. The molecule has 2 rings (SSSR count). The van der Waals surface area contributed by atoms with Crippen molar-refractivity contribution in [2.75, 3.05) is 33.9 Å². The highest BCUT2D eigenvalue weighted by molar-refractivity contribution is 5.77. The molecule has 0 saturated carbocycles. The van der Waals surface area contributed by atoms with E-state index in [-0.39, 0.29) is 5.97 Å². The third-order valence-electron chi connectivity index (χ3n) is 2.99. The molecular formula is C14H19NO3. The molecule has 0 N–H and O–H groups in total. The van der Waals surface area contributed by atoms with Gasteiger partial charge >= 0.3 is 5.97 Å². The Morgan fingerprint density at radius 2 is 2.22 bits per heavy atom. The van der Waals surface area contributed by atoms with Gasteiger partial charge in [-0.25, -0.2) is 4.79 Å². The molecule has 0 aromatic heterocycles. The first-order valence-corrected chi connectivity index (χ1v) is 6.19. The molecule has 1 aliphatic rings. The summed E-state index contributed by atoms with van der Waals surface area (Å²) in [6.07, 6.45) is 0.301. The predicted molar refractivity (Wildman–Crippen MR) is 68.4 cm³/mol. The van der Waals surface area contributed by atoms with Gasteiger partial charge in [-0.15, -0.1) is 0 Å². The first kappa shape index (κ1) is 13.1. The van der Waals surface area contributed by atoms with Crippen molar-refractivity contribution in [2.24, 2.45) is 0 Å². The van der Waals surface area contributed by atoms with Crippen LogP contribution in [0.15, 0.2) is 24.3 Å². The summed E-state index contributed by atoms with van der Waals surface area (Å²) in [5.41, 5.74) is 2.12. The van der Waals surface area contributed by atoms with E-state index < -0.39 is 6.10 Å². The maximum absolute atomic E-state index is 12.0. The molecule has 1 aromatic carbocycles. The first-order chi connectivity index (χ1) is 8.68. The van der Waals surface area contributed by atoms with E-state index in [0.29, 0.717) is 13.2 Å². The summed E-state index contributed by atoms with van der Waals surface area (Å²) in [5.74, 6) is -0.288. The third kappa shape index (κ3) is 3.09. The number of hydrogen-bond donors (Lipinski definition) is 0. The summed E-state index contributed by atoms with van der Waals surface area (Å²) in [6.45, 7) is 1.69. The number of likely N-dealkylation sites (N-methyl/N-ethyl adjacent to an activating group) is 1. The Kier molecular flexibility index (Phi) is 4.33. The number of ether oxygens (including phenoxy) is 2. The molecule has 0 fully saturated rings. The SMILES string of the molecule is CN(C)CCOC(=O)C1OCCc2ccccc21. The Balaban J connectivity index is 1.99.